The first-order valence-electron chi connectivity index (χ1n) is 9.87. The molecule has 0 spiro atoms. The molecule has 1 fully saturated rings. The topological polar surface area (TPSA) is 207 Å². The summed E-state index contributed by atoms with van der Waals surface area (Å²) in [6.45, 7) is -0.659. The first-order valence-corrected chi connectivity index (χ1v) is 9.87. The summed E-state index contributed by atoms with van der Waals surface area (Å²) in [5.74, 6) is -2.64. The second kappa shape index (κ2) is 8.67. The van der Waals surface area contributed by atoms with E-state index in [1.165, 1.54) is 12.1 Å². The van der Waals surface area contributed by atoms with Gasteiger partial charge in [-0.15, -0.1) is 0 Å². The number of Topliss-reactive ketones (excluding diaryl/α,β-unsaturated/α-hetero) is 1. The van der Waals surface area contributed by atoms with Gasteiger partial charge in [-0.3, -0.25) is 4.79 Å². The van der Waals surface area contributed by atoms with E-state index in [1.54, 1.807) is 0 Å². The van der Waals surface area contributed by atoms with E-state index >= 15 is 0 Å². The predicted octanol–water partition coefficient (Wildman–Crippen LogP) is -1.34. The fourth-order valence-electron chi connectivity index (χ4n) is 3.77. The van der Waals surface area contributed by atoms with Crippen LogP contribution in [-0.2, 0) is 4.74 Å². The van der Waals surface area contributed by atoms with Crippen LogP contribution in [0.2, 0.25) is 0 Å². The Labute approximate surface area is 186 Å². The summed E-state index contributed by atoms with van der Waals surface area (Å²) in [5.41, 5.74) is -0.147. The van der Waals surface area contributed by atoms with Crippen LogP contribution in [0.5, 0.6) is 28.7 Å². The number of rotatable bonds is 4. The van der Waals surface area contributed by atoms with Crippen LogP contribution in [0.3, 0.4) is 0 Å². The molecule has 12 nitrogen and oxygen atoms in total. The Bertz CT molecular complexity index is 1050. The molecular formula is C21H22O12. The maximum atomic E-state index is 12.5. The van der Waals surface area contributed by atoms with Crippen molar-refractivity contribution < 1.29 is 59.9 Å². The SMILES string of the molecule is O=C1c2c(O)cc(O)cc2O[C@@H](c2ccc(O[C@@H]3O[C@H](CO)[C@@H](O)[C@H](O)[C@H]3O)c(O)c2)[C@H]1O. The quantitative estimate of drug-likeness (QED) is 0.263. The van der Waals surface area contributed by atoms with Crippen molar-refractivity contribution in [3.05, 3.63) is 41.5 Å². The van der Waals surface area contributed by atoms with E-state index in [1.807, 2.05) is 0 Å². The van der Waals surface area contributed by atoms with Gasteiger partial charge < -0.3 is 55.1 Å². The van der Waals surface area contributed by atoms with Gasteiger partial charge >= 0.3 is 0 Å². The maximum absolute atomic E-state index is 12.5. The Morgan fingerprint density at radius 1 is 0.909 bits per heavy atom. The lowest BCUT2D eigenvalue weighted by Crippen LogP contribution is -2.60. The van der Waals surface area contributed by atoms with Crippen molar-refractivity contribution in [2.75, 3.05) is 6.61 Å². The first kappa shape index (κ1) is 23.0. The van der Waals surface area contributed by atoms with Crippen molar-refractivity contribution in [1.29, 1.82) is 0 Å². The van der Waals surface area contributed by atoms with E-state index < -0.39 is 66.8 Å². The average molecular weight is 466 g/mol. The third-order valence-corrected chi connectivity index (χ3v) is 5.52. The van der Waals surface area contributed by atoms with Crippen LogP contribution in [-0.4, -0.2) is 90.1 Å². The van der Waals surface area contributed by atoms with Crippen LogP contribution >= 0.6 is 0 Å². The molecule has 8 N–H and O–H groups in total. The van der Waals surface area contributed by atoms with Gasteiger partial charge in [0, 0.05) is 12.1 Å². The molecule has 0 bridgehead atoms. The van der Waals surface area contributed by atoms with Crippen LogP contribution < -0.4 is 9.47 Å². The highest BCUT2D eigenvalue weighted by atomic mass is 16.7. The number of aromatic hydroxyl groups is 3. The van der Waals surface area contributed by atoms with E-state index in [4.69, 9.17) is 14.2 Å². The molecule has 1 saturated heterocycles. The summed E-state index contributed by atoms with van der Waals surface area (Å²) in [4.78, 5) is 12.5. The summed E-state index contributed by atoms with van der Waals surface area (Å²) < 4.78 is 16.2. The number of carbonyl (C=O) groups is 1. The molecule has 4 rings (SSSR count). The molecule has 178 valence electrons. The van der Waals surface area contributed by atoms with Gasteiger partial charge in [0.2, 0.25) is 12.1 Å². The fourth-order valence-corrected chi connectivity index (χ4v) is 3.77. The van der Waals surface area contributed by atoms with Gasteiger partial charge in [0.05, 0.1) is 6.61 Å². The zero-order valence-electron chi connectivity index (χ0n) is 16.8. The predicted molar refractivity (Wildman–Crippen MR) is 106 cm³/mol. The number of phenols is 3. The second-order valence-electron chi connectivity index (χ2n) is 7.73. The monoisotopic (exact) mass is 466 g/mol. The van der Waals surface area contributed by atoms with E-state index in [9.17, 15) is 45.6 Å². The number of hydrogen-bond donors (Lipinski definition) is 8. The number of carbonyl (C=O) groups excluding carboxylic acids is 1. The Kier molecular flexibility index (Phi) is 6.05. The number of fused-ring (bicyclic) bond motifs is 1. The van der Waals surface area contributed by atoms with Crippen molar-refractivity contribution >= 4 is 5.78 Å². The summed E-state index contributed by atoms with van der Waals surface area (Å²) in [6.07, 6.45) is -10.7. The van der Waals surface area contributed by atoms with Crippen LogP contribution in [0.1, 0.15) is 22.0 Å². The van der Waals surface area contributed by atoms with Crippen molar-refractivity contribution in [3.8, 4) is 28.7 Å². The molecular weight excluding hydrogens is 444 g/mol. The minimum absolute atomic E-state index is 0.142. The molecule has 12 heteroatoms. The molecule has 2 aliphatic rings. The second-order valence-corrected chi connectivity index (χ2v) is 7.73. The lowest BCUT2D eigenvalue weighted by atomic mass is 9.92. The molecule has 0 unspecified atom stereocenters. The van der Waals surface area contributed by atoms with Crippen LogP contribution in [0.4, 0.5) is 0 Å². The van der Waals surface area contributed by atoms with Gasteiger partial charge in [-0.2, -0.15) is 0 Å². The Hall–Kier alpha value is -3.13. The lowest BCUT2D eigenvalue weighted by molar-refractivity contribution is -0.277. The number of ether oxygens (including phenoxy) is 3. The Morgan fingerprint density at radius 3 is 2.30 bits per heavy atom. The molecule has 7 atom stereocenters. The molecule has 2 heterocycles. The largest absolute Gasteiger partial charge is 0.508 e. The van der Waals surface area contributed by atoms with Gasteiger partial charge in [0.1, 0.15) is 47.2 Å². The number of benzene rings is 2. The van der Waals surface area contributed by atoms with Gasteiger partial charge in [-0.25, -0.2) is 0 Å². The number of hydrogen-bond acceptors (Lipinski definition) is 12. The molecule has 0 radical (unpaired) electrons. The first-order chi connectivity index (χ1) is 15.6. The van der Waals surface area contributed by atoms with Gasteiger partial charge in [0.15, 0.2) is 23.7 Å². The minimum atomic E-state index is -1.73. The Morgan fingerprint density at radius 2 is 1.64 bits per heavy atom. The average Bonchev–Trinajstić information content (AvgIpc) is 2.77. The van der Waals surface area contributed by atoms with Gasteiger partial charge in [0.25, 0.3) is 0 Å². The van der Waals surface area contributed by atoms with E-state index in [0.29, 0.717) is 0 Å². The zero-order chi connectivity index (χ0) is 24.0. The third-order valence-electron chi connectivity index (χ3n) is 5.52. The van der Waals surface area contributed by atoms with Gasteiger partial charge in [-0.05, 0) is 17.7 Å². The maximum Gasteiger partial charge on any atom is 0.229 e. The van der Waals surface area contributed by atoms with Crippen molar-refractivity contribution in [3.63, 3.8) is 0 Å². The fraction of sp³-hybridized carbons (Fsp3) is 0.381. The molecule has 0 saturated carbocycles. The van der Waals surface area contributed by atoms with Crippen molar-refractivity contribution in [1.82, 2.24) is 0 Å². The summed E-state index contributed by atoms with van der Waals surface area (Å²) in [6, 6.07) is 5.72. The minimum Gasteiger partial charge on any atom is -0.508 e. The highest BCUT2D eigenvalue weighted by molar-refractivity contribution is 6.05. The normalized spacial score (nSPS) is 31.5. The molecule has 0 aromatic heterocycles. The standard InChI is InChI=1S/C21H22O12/c22-6-13-15(26)17(28)19(30)21(33-13)32-11-2-1-7(3-9(11)24)20-18(29)16(27)14-10(25)4-8(23)5-12(14)31-20/h1-5,13,15,17-26,28-30H,6H2/t13-,15-,17+,18+,19-,20+,21-/m1/s1. The highest BCUT2D eigenvalue weighted by Crippen LogP contribution is 2.43. The molecule has 33 heavy (non-hydrogen) atoms. The van der Waals surface area contributed by atoms with E-state index in [0.717, 1.165) is 18.2 Å². The molecule has 2 aliphatic heterocycles. The summed E-state index contributed by atoms with van der Waals surface area (Å²) in [7, 11) is 0. The van der Waals surface area contributed by atoms with E-state index in [-0.39, 0.29) is 28.4 Å². The van der Waals surface area contributed by atoms with Crippen molar-refractivity contribution in [2.24, 2.45) is 0 Å². The number of aliphatic hydroxyl groups is 5. The van der Waals surface area contributed by atoms with E-state index in [2.05, 4.69) is 0 Å². The van der Waals surface area contributed by atoms with Gasteiger partial charge in [-0.1, -0.05) is 6.07 Å². The van der Waals surface area contributed by atoms with Crippen LogP contribution in [0.15, 0.2) is 30.3 Å². The Balaban J connectivity index is 1.57. The molecule has 0 amide bonds. The number of ketones is 1. The molecule has 2 aromatic rings. The summed E-state index contributed by atoms with van der Waals surface area (Å²) in [5, 5.41) is 79.4. The number of aliphatic hydroxyl groups excluding tert-OH is 5. The summed E-state index contributed by atoms with van der Waals surface area (Å²) >= 11 is 0. The van der Waals surface area contributed by atoms with Crippen molar-refractivity contribution in [2.45, 2.75) is 42.9 Å². The van der Waals surface area contributed by atoms with Crippen LogP contribution in [0, 0.1) is 0 Å². The zero-order valence-corrected chi connectivity index (χ0v) is 16.8. The van der Waals surface area contributed by atoms with Crippen LogP contribution in [0.25, 0.3) is 0 Å². The number of phenolic OH excluding ortho intramolecular Hbond substituents is 3. The molecule has 0 aliphatic carbocycles. The molecule has 2 aromatic carbocycles. The lowest BCUT2D eigenvalue weighted by Gasteiger charge is -2.39. The highest BCUT2D eigenvalue weighted by Gasteiger charge is 2.45. The third kappa shape index (κ3) is 4.04. The smallest absolute Gasteiger partial charge is 0.229 e.